The predicted octanol–water partition coefficient (Wildman–Crippen LogP) is 3.56. The van der Waals surface area contributed by atoms with Crippen LogP contribution < -0.4 is 10.2 Å². The number of thiazole rings is 1. The number of nitrogens with one attached hydrogen (secondary N) is 2. The van der Waals surface area contributed by atoms with Crippen molar-refractivity contribution in [3.8, 4) is 11.3 Å². The molecule has 4 aromatic heterocycles. The molecule has 1 aliphatic rings. The molecule has 146 valence electrons. The van der Waals surface area contributed by atoms with E-state index in [4.69, 9.17) is 4.98 Å². The maximum atomic E-state index is 5.08. The summed E-state index contributed by atoms with van der Waals surface area (Å²) in [5.74, 6) is 0.367. The summed E-state index contributed by atoms with van der Waals surface area (Å²) >= 11 is 1.76. The fourth-order valence-electron chi connectivity index (χ4n) is 4.14. The molecule has 0 radical (unpaired) electrons. The van der Waals surface area contributed by atoms with Crippen molar-refractivity contribution in [2.45, 2.75) is 39.7 Å². The Morgan fingerprint density at radius 2 is 2.18 bits per heavy atom. The van der Waals surface area contributed by atoms with E-state index >= 15 is 0 Å². The molecule has 1 atom stereocenters. The van der Waals surface area contributed by atoms with Gasteiger partial charge in [0, 0.05) is 43.0 Å². The Balaban J connectivity index is 1.65. The van der Waals surface area contributed by atoms with Gasteiger partial charge in [-0.2, -0.15) is 5.10 Å². The number of fused-ring (bicyclic) bond motifs is 2. The van der Waals surface area contributed by atoms with Crippen molar-refractivity contribution < 1.29 is 0 Å². The van der Waals surface area contributed by atoms with Crippen LogP contribution in [-0.2, 0) is 0 Å². The molecule has 1 aliphatic heterocycles. The van der Waals surface area contributed by atoms with Crippen LogP contribution in [0.3, 0.4) is 0 Å². The molecule has 0 spiro atoms. The van der Waals surface area contributed by atoms with E-state index < -0.39 is 0 Å². The summed E-state index contributed by atoms with van der Waals surface area (Å²) in [6.45, 7) is 11.8. The lowest BCUT2D eigenvalue weighted by Crippen LogP contribution is -2.49. The van der Waals surface area contributed by atoms with Crippen LogP contribution in [0.25, 0.3) is 27.3 Å². The SMILES string of the molecule is Cc1cc(-c2[nH]c3sc(N4CCNCC4C)nc3c2C(C)C)cn2ncnc12. The zero-order valence-electron chi connectivity index (χ0n) is 16.7. The van der Waals surface area contributed by atoms with Gasteiger partial charge in [-0.1, -0.05) is 25.2 Å². The van der Waals surface area contributed by atoms with E-state index in [0.29, 0.717) is 12.0 Å². The lowest BCUT2D eigenvalue weighted by atomic mass is 9.99. The minimum Gasteiger partial charge on any atom is -0.345 e. The first kappa shape index (κ1) is 17.6. The average molecular weight is 396 g/mol. The highest BCUT2D eigenvalue weighted by molar-refractivity contribution is 7.21. The smallest absolute Gasteiger partial charge is 0.188 e. The van der Waals surface area contributed by atoms with Crippen LogP contribution in [0.15, 0.2) is 18.6 Å². The van der Waals surface area contributed by atoms with Crippen LogP contribution in [0.1, 0.15) is 37.8 Å². The van der Waals surface area contributed by atoms with Crippen LogP contribution in [0.4, 0.5) is 5.13 Å². The van der Waals surface area contributed by atoms with E-state index in [1.54, 1.807) is 17.7 Å². The second kappa shape index (κ2) is 6.56. The van der Waals surface area contributed by atoms with Gasteiger partial charge in [0.2, 0.25) is 0 Å². The number of anilines is 1. The van der Waals surface area contributed by atoms with Gasteiger partial charge in [0.1, 0.15) is 16.7 Å². The van der Waals surface area contributed by atoms with Gasteiger partial charge in [-0.15, -0.1) is 0 Å². The molecule has 0 saturated carbocycles. The van der Waals surface area contributed by atoms with Gasteiger partial charge in [0.25, 0.3) is 0 Å². The first-order valence-electron chi connectivity index (χ1n) is 9.83. The molecule has 4 aromatic rings. The first-order chi connectivity index (χ1) is 13.5. The zero-order chi connectivity index (χ0) is 19.4. The third kappa shape index (κ3) is 2.70. The monoisotopic (exact) mass is 395 g/mol. The van der Waals surface area contributed by atoms with Gasteiger partial charge in [0.05, 0.1) is 5.69 Å². The van der Waals surface area contributed by atoms with Gasteiger partial charge < -0.3 is 15.2 Å². The lowest BCUT2D eigenvalue weighted by Gasteiger charge is -2.33. The number of aryl methyl sites for hydroxylation is 1. The topological polar surface area (TPSA) is 74.1 Å². The van der Waals surface area contributed by atoms with Gasteiger partial charge in [-0.3, -0.25) is 0 Å². The van der Waals surface area contributed by atoms with Crippen LogP contribution in [0.2, 0.25) is 0 Å². The number of H-pyrrole nitrogens is 1. The van der Waals surface area contributed by atoms with Crippen molar-refractivity contribution in [1.82, 2.24) is 29.9 Å². The molecule has 5 heterocycles. The maximum absolute atomic E-state index is 5.08. The highest BCUT2D eigenvalue weighted by Crippen LogP contribution is 2.40. The molecular weight excluding hydrogens is 370 g/mol. The molecule has 28 heavy (non-hydrogen) atoms. The molecule has 7 nitrogen and oxygen atoms in total. The molecule has 1 saturated heterocycles. The Morgan fingerprint density at radius 3 is 2.96 bits per heavy atom. The fourth-order valence-corrected chi connectivity index (χ4v) is 5.26. The van der Waals surface area contributed by atoms with Crippen molar-refractivity contribution in [3.63, 3.8) is 0 Å². The molecule has 1 unspecified atom stereocenters. The number of aromatic amines is 1. The minimum absolute atomic E-state index is 0.367. The number of piperazine rings is 1. The highest BCUT2D eigenvalue weighted by atomic mass is 32.1. The van der Waals surface area contributed by atoms with Crippen molar-refractivity contribution in [1.29, 1.82) is 0 Å². The van der Waals surface area contributed by atoms with Crippen LogP contribution >= 0.6 is 11.3 Å². The van der Waals surface area contributed by atoms with Crippen molar-refractivity contribution >= 4 is 32.5 Å². The summed E-state index contributed by atoms with van der Waals surface area (Å²) in [6.07, 6.45) is 3.65. The predicted molar refractivity (Wildman–Crippen MR) is 114 cm³/mol. The van der Waals surface area contributed by atoms with E-state index in [2.05, 4.69) is 65.2 Å². The fraction of sp³-hybridized carbons (Fsp3) is 0.450. The van der Waals surface area contributed by atoms with Crippen LogP contribution in [-0.4, -0.2) is 50.2 Å². The Morgan fingerprint density at radius 1 is 1.32 bits per heavy atom. The van der Waals surface area contributed by atoms with E-state index in [1.807, 2.05) is 4.52 Å². The molecule has 8 heteroatoms. The summed E-state index contributed by atoms with van der Waals surface area (Å²) in [4.78, 5) is 16.7. The molecular formula is C20H25N7S. The summed E-state index contributed by atoms with van der Waals surface area (Å²) in [5, 5.41) is 8.90. The summed E-state index contributed by atoms with van der Waals surface area (Å²) in [7, 11) is 0. The van der Waals surface area contributed by atoms with Crippen molar-refractivity contribution in [2.24, 2.45) is 0 Å². The van der Waals surface area contributed by atoms with Crippen LogP contribution in [0, 0.1) is 6.92 Å². The number of aromatic nitrogens is 5. The van der Waals surface area contributed by atoms with Crippen LogP contribution in [0.5, 0.6) is 0 Å². The number of hydrogen-bond donors (Lipinski definition) is 2. The van der Waals surface area contributed by atoms with Gasteiger partial charge in [0.15, 0.2) is 10.8 Å². The first-order valence-corrected chi connectivity index (χ1v) is 10.6. The van der Waals surface area contributed by atoms with Gasteiger partial charge >= 0.3 is 0 Å². The highest BCUT2D eigenvalue weighted by Gasteiger charge is 2.25. The second-order valence-corrected chi connectivity index (χ2v) is 8.91. The molecule has 1 fully saturated rings. The Labute approximate surface area is 167 Å². The van der Waals surface area contributed by atoms with Gasteiger partial charge in [-0.05, 0) is 31.4 Å². The van der Waals surface area contributed by atoms with Crippen molar-refractivity contribution in [3.05, 3.63) is 29.7 Å². The summed E-state index contributed by atoms with van der Waals surface area (Å²) < 4.78 is 1.85. The maximum Gasteiger partial charge on any atom is 0.188 e. The molecule has 0 aromatic carbocycles. The normalized spacial score (nSPS) is 18.0. The molecule has 0 amide bonds. The second-order valence-electron chi connectivity index (χ2n) is 7.93. The summed E-state index contributed by atoms with van der Waals surface area (Å²) in [6, 6.07) is 2.65. The quantitative estimate of drug-likeness (QED) is 0.555. The third-order valence-corrected chi connectivity index (χ3v) is 6.56. The lowest BCUT2D eigenvalue weighted by molar-refractivity contribution is 0.500. The Kier molecular flexibility index (Phi) is 4.13. The number of hydrogen-bond acceptors (Lipinski definition) is 6. The molecule has 5 rings (SSSR count). The molecule has 0 bridgehead atoms. The third-order valence-electron chi connectivity index (χ3n) is 5.55. The summed E-state index contributed by atoms with van der Waals surface area (Å²) in [5.41, 5.74) is 6.67. The van der Waals surface area contributed by atoms with E-state index in [0.717, 1.165) is 57.6 Å². The minimum atomic E-state index is 0.367. The average Bonchev–Trinajstić information content (AvgIpc) is 3.35. The number of rotatable bonds is 3. The molecule has 2 N–H and O–H groups in total. The van der Waals surface area contributed by atoms with E-state index in [9.17, 15) is 0 Å². The number of nitrogens with zero attached hydrogens (tertiary/aromatic N) is 5. The Bertz CT molecular complexity index is 1150. The van der Waals surface area contributed by atoms with E-state index in [-0.39, 0.29) is 0 Å². The standard InChI is InChI=1S/C20H25N7S/c1-11(2)15-16(14-7-12(3)18-22-10-23-27(18)9-14)24-19-17(15)25-20(28-19)26-6-5-21-8-13(26)4/h7,9-11,13,21,24H,5-6,8H2,1-4H3. The van der Waals surface area contributed by atoms with Gasteiger partial charge in [-0.25, -0.2) is 14.5 Å². The Hall–Kier alpha value is -2.45. The van der Waals surface area contributed by atoms with Crippen molar-refractivity contribution in [2.75, 3.05) is 24.5 Å². The molecule has 0 aliphatic carbocycles. The largest absolute Gasteiger partial charge is 0.345 e. The number of pyridine rings is 1. The zero-order valence-corrected chi connectivity index (χ0v) is 17.5. The van der Waals surface area contributed by atoms with E-state index in [1.165, 1.54) is 5.56 Å².